The average Bonchev–Trinajstić information content (AvgIpc) is 2.13. The molecule has 0 saturated heterocycles. The van der Waals surface area contributed by atoms with Crippen LogP contribution in [0.5, 0.6) is 0 Å². The lowest BCUT2D eigenvalue weighted by Gasteiger charge is -2.09. The van der Waals surface area contributed by atoms with Crippen LogP contribution in [-0.4, -0.2) is 4.98 Å². The monoisotopic (exact) mass is 222 g/mol. The van der Waals surface area contributed by atoms with Gasteiger partial charge >= 0.3 is 6.18 Å². The number of hydrogen-bond donors (Lipinski definition) is 0. The van der Waals surface area contributed by atoms with E-state index in [9.17, 15) is 22.0 Å². The van der Waals surface area contributed by atoms with Crippen molar-refractivity contribution in [2.45, 2.75) is 13.1 Å². The SMILES string of the molecule is Cc1c(F)c(C#N)nc(C(F)(F)F)c1F. The molecule has 7 heteroatoms. The average molecular weight is 222 g/mol. The molecule has 1 rings (SSSR count). The number of halogens is 5. The van der Waals surface area contributed by atoms with Crippen LogP contribution in [0.2, 0.25) is 0 Å². The van der Waals surface area contributed by atoms with Crippen molar-refractivity contribution in [3.05, 3.63) is 28.6 Å². The van der Waals surface area contributed by atoms with Gasteiger partial charge in [0.05, 0.1) is 0 Å². The number of nitriles is 1. The summed E-state index contributed by atoms with van der Waals surface area (Å²) >= 11 is 0. The number of rotatable bonds is 0. The Morgan fingerprint density at radius 1 is 1.20 bits per heavy atom. The van der Waals surface area contributed by atoms with E-state index in [2.05, 4.69) is 4.98 Å². The van der Waals surface area contributed by atoms with Crippen molar-refractivity contribution in [3.63, 3.8) is 0 Å². The fraction of sp³-hybridized carbons (Fsp3) is 0.250. The van der Waals surface area contributed by atoms with Gasteiger partial charge in [-0.15, -0.1) is 0 Å². The van der Waals surface area contributed by atoms with Gasteiger partial charge in [-0.05, 0) is 6.92 Å². The second-order valence-electron chi connectivity index (χ2n) is 2.67. The zero-order valence-corrected chi connectivity index (χ0v) is 7.28. The Hall–Kier alpha value is -1.71. The fourth-order valence-corrected chi connectivity index (χ4v) is 0.923. The molecular weight excluding hydrogens is 219 g/mol. The lowest BCUT2D eigenvalue weighted by atomic mass is 10.2. The zero-order chi connectivity index (χ0) is 11.8. The van der Waals surface area contributed by atoms with E-state index in [-0.39, 0.29) is 0 Å². The van der Waals surface area contributed by atoms with E-state index >= 15 is 0 Å². The Kier molecular flexibility index (Phi) is 2.62. The molecule has 0 atom stereocenters. The molecular formula is C8H3F5N2. The third kappa shape index (κ3) is 1.88. The second kappa shape index (κ2) is 3.46. The molecule has 2 nitrogen and oxygen atoms in total. The first-order valence-corrected chi connectivity index (χ1v) is 3.62. The van der Waals surface area contributed by atoms with Crippen LogP contribution in [0.4, 0.5) is 22.0 Å². The van der Waals surface area contributed by atoms with Gasteiger partial charge in [0.15, 0.2) is 23.0 Å². The molecule has 0 unspecified atom stereocenters. The molecule has 1 aromatic rings. The van der Waals surface area contributed by atoms with Crippen LogP contribution in [0.25, 0.3) is 0 Å². The van der Waals surface area contributed by atoms with Crippen molar-refractivity contribution in [3.8, 4) is 6.07 Å². The molecule has 0 amide bonds. The molecule has 0 aliphatic carbocycles. The summed E-state index contributed by atoms with van der Waals surface area (Å²) < 4.78 is 62.3. The molecule has 0 radical (unpaired) electrons. The predicted molar refractivity (Wildman–Crippen MR) is 38.6 cm³/mol. The normalized spacial score (nSPS) is 11.3. The minimum atomic E-state index is -5.05. The highest BCUT2D eigenvalue weighted by Gasteiger charge is 2.38. The van der Waals surface area contributed by atoms with E-state index in [4.69, 9.17) is 5.26 Å². The van der Waals surface area contributed by atoms with Gasteiger partial charge in [0.2, 0.25) is 0 Å². The lowest BCUT2D eigenvalue weighted by Crippen LogP contribution is -2.15. The molecule has 0 aliphatic heterocycles. The van der Waals surface area contributed by atoms with Gasteiger partial charge in [0, 0.05) is 5.56 Å². The first kappa shape index (κ1) is 11.4. The zero-order valence-electron chi connectivity index (χ0n) is 7.28. The summed E-state index contributed by atoms with van der Waals surface area (Å²) in [6.07, 6.45) is -5.05. The molecule has 0 fully saturated rings. The van der Waals surface area contributed by atoms with Crippen LogP contribution in [0.1, 0.15) is 17.0 Å². The minimum Gasteiger partial charge on any atom is -0.226 e. The molecule has 80 valence electrons. The number of hydrogen-bond acceptors (Lipinski definition) is 2. The Morgan fingerprint density at radius 3 is 2.13 bits per heavy atom. The maximum Gasteiger partial charge on any atom is 0.436 e. The van der Waals surface area contributed by atoms with Crippen molar-refractivity contribution >= 4 is 0 Å². The summed E-state index contributed by atoms with van der Waals surface area (Å²) in [6.45, 7) is 0.808. The summed E-state index contributed by atoms with van der Waals surface area (Å²) in [6, 6.07) is 1.12. The Balaban J connectivity index is 3.58. The summed E-state index contributed by atoms with van der Waals surface area (Å²) in [5.74, 6) is -3.16. The second-order valence-corrected chi connectivity index (χ2v) is 2.67. The number of alkyl halides is 3. The van der Waals surface area contributed by atoms with E-state index in [1.165, 1.54) is 0 Å². The van der Waals surface area contributed by atoms with E-state index in [0.717, 1.165) is 13.0 Å². The van der Waals surface area contributed by atoms with Gasteiger partial charge in [0.1, 0.15) is 6.07 Å². The summed E-state index contributed by atoms with van der Waals surface area (Å²) in [5.41, 5.74) is -3.81. The van der Waals surface area contributed by atoms with Crippen LogP contribution in [-0.2, 0) is 6.18 Å². The molecule has 0 spiro atoms. The molecule has 1 aromatic heterocycles. The first-order chi connectivity index (χ1) is 6.79. The summed E-state index contributed by atoms with van der Waals surface area (Å²) in [7, 11) is 0. The van der Waals surface area contributed by atoms with Gasteiger partial charge in [0.25, 0.3) is 0 Å². The van der Waals surface area contributed by atoms with Gasteiger partial charge < -0.3 is 0 Å². The van der Waals surface area contributed by atoms with E-state index in [1.54, 1.807) is 0 Å². The largest absolute Gasteiger partial charge is 0.436 e. The topological polar surface area (TPSA) is 36.7 Å². The molecule has 0 aliphatic rings. The number of nitrogens with zero attached hydrogens (tertiary/aromatic N) is 2. The Bertz CT molecular complexity index is 444. The Labute approximate surface area is 81.0 Å². The minimum absolute atomic E-state index is 0.808. The Morgan fingerprint density at radius 2 is 1.73 bits per heavy atom. The fourth-order valence-electron chi connectivity index (χ4n) is 0.923. The molecule has 15 heavy (non-hydrogen) atoms. The molecule has 0 bridgehead atoms. The van der Waals surface area contributed by atoms with Crippen LogP contribution >= 0.6 is 0 Å². The highest BCUT2D eigenvalue weighted by Crippen LogP contribution is 2.32. The highest BCUT2D eigenvalue weighted by atomic mass is 19.4. The van der Waals surface area contributed by atoms with Gasteiger partial charge in [-0.1, -0.05) is 0 Å². The van der Waals surface area contributed by atoms with Crippen LogP contribution < -0.4 is 0 Å². The van der Waals surface area contributed by atoms with Gasteiger partial charge in [-0.3, -0.25) is 0 Å². The quantitative estimate of drug-likeness (QED) is 0.632. The molecule has 1 heterocycles. The van der Waals surface area contributed by atoms with Crippen LogP contribution in [0.3, 0.4) is 0 Å². The predicted octanol–water partition coefficient (Wildman–Crippen LogP) is 2.56. The molecule has 0 aromatic carbocycles. The molecule has 0 N–H and O–H groups in total. The van der Waals surface area contributed by atoms with E-state index < -0.39 is 34.8 Å². The molecule has 0 saturated carbocycles. The third-order valence-electron chi connectivity index (χ3n) is 1.67. The van der Waals surface area contributed by atoms with Crippen molar-refractivity contribution in [1.82, 2.24) is 4.98 Å². The lowest BCUT2D eigenvalue weighted by molar-refractivity contribution is -0.143. The van der Waals surface area contributed by atoms with Crippen molar-refractivity contribution in [1.29, 1.82) is 5.26 Å². The maximum atomic E-state index is 12.9. The standard InChI is InChI=1S/C8H3F5N2/c1-3-5(9)4(2-14)15-7(6(3)10)8(11,12)13/h1H3. The number of pyridine rings is 1. The maximum absolute atomic E-state index is 12.9. The smallest absolute Gasteiger partial charge is 0.226 e. The van der Waals surface area contributed by atoms with Crippen LogP contribution in [0, 0.1) is 29.9 Å². The van der Waals surface area contributed by atoms with Crippen molar-refractivity contribution < 1.29 is 22.0 Å². The van der Waals surface area contributed by atoms with Crippen LogP contribution in [0.15, 0.2) is 0 Å². The number of aromatic nitrogens is 1. The summed E-state index contributed by atoms with van der Waals surface area (Å²) in [4.78, 5) is 2.59. The van der Waals surface area contributed by atoms with E-state index in [0.29, 0.717) is 0 Å². The third-order valence-corrected chi connectivity index (χ3v) is 1.67. The van der Waals surface area contributed by atoms with Gasteiger partial charge in [-0.25, -0.2) is 13.8 Å². The van der Waals surface area contributed by atoms with Gasteiger partial charge in [-0.2, -0.15) is 18.4 Å². The van der Waals surface area contributed by atoms with E-state index in [1.807, 2.05) is 0 Å². The summed E-state index contributed by atoms with van der Waals surface area (Å²) in [5, 5.41) is 8.28. The van der Waals surface area contributed by atoms with Crippen molar-refractivity contribution in [2.75, 3.05) is 0 Å². The highest BCUT2D eigenvalue weighted by molar-refractivity contribution is 5.32. The van der Waals surface area contributed by atoms with Crippen molar-refractivity contribution in [2.24, 2.45) is 0 Å². The first-order valence-electron chi connectivity index (χ1n) is 3.62.